The molecule has 1 rings (SSSR count). The van der Waals surface area contributed by atoms with Crippen LogP contribution in [0, 0.1) is 0 Å². The highest BCUT2D eigenvalue weighted by atomic mass is 16.2. The number of carbonyl (C=O) groups is 1. The molecule has 0 radical (unpaired) electrons. The summed E-state index contributed by atoms with van der Waals surface area (Å²) in [5, 5.41) is 0. The molecular weight excluding hydrogens is 188 g/mol. The summed E-state index contributed by atoms with van der Waals surface area (Å²) < 4.78 is 0. The predicted molar refractivity (Wildman–Crippen MR) is 62.8 cm³/mol. The van der Waals surface area contributed by atoms with Gasteiger partial charge in [0, 0.05) is 25.6 Å². The second-order valence-corrected chi connectivity index (χ2v) is 4.52. The number of amides is 1. The zero-order valence-electron chi connectivity index (χ0n) is 10.3. The van der Waals surface area contributed by atoms with Crippen molar-refractivity contribution >= 4 is 5.91 Å². The van der Waals surface area contributed by atoms with E-state index in [-0.39, 0.29) is 0 Å². The van der Waals surface area contributed by atoms with Gasteiger partial charge in [-0.05, 0) is 32.9 Å². The smallest absolute Gasteiger partial charge is 0.222 e. The molecule has 0 aromatic heterocycles. The molecule has 0 saturated carbocycles. The van der Waals surface area contributed by atoms with Crippen molar-refractivity contribution in [3.63, 3.8) is 0 Å². The van der Waals surface area contributed by atoms with Crippen LogP contribution in [0.2, 0.25) is 0 Å². The highest BCUT2D eigenvalue weighted by molar-refractivity contribution is 5.76. The van der Waals surface area contributed by atoms with Gasteiger partial charge >= 0.3 is 0 Å². The standard InChI is InChI=1S/C12H24N2O/c1-4-7-12(15)14-9-6-8-13(3)10-11(14)5-2/h11H,4-10H2,1-3H3. The van der Waals surface area contributed by atoms with E-state index >= 15 is 0 Å². The van der Waals surface area contributed by atoms with Gasteiger partial charge in [-0.2, -0.15) is 0 Å². The largest absolute Gasteiger partial charge is 0.338 e. The van der Waals surface area contributed by atoms with Gasteiger partial charge in [0.1, 0.15) is 0 Å². The minimum Gasteiger partial charge on any atom is -0.338 e. The zero-order valence-corrected chi connectivity index (χ0v) is 10.3. The van der Waals surface area contributed by atoms with Gasteiger partial charge in [0.25, 0.3) is 0 Å². The third-order valence-electron chi connectivity index (χ3n) is 3.16. The van der Waals surface area contributed by atoms with Crippen LogP contribution in [-0.2, 0) is 4.79 Å². The Morgan fingerprint density at radius 3 is 2.67 bits per heavy atom. The van der Waals surface area contributed by atoms with Crippen molar-refractivity contribution in [3.8, 4) is 0 Å². The highest BCUT2D eigenvalue weighted by Gasteiger charge is 2.24. The van der Waals surface area contributed by atoms with E-state index in [0.29, 0.717) is 18.4 Å². The van der Waals surface area contributed by atoms with Gasteiger partial charge in [-0.3, -0.25) is 4.79 Å². The van der Waals surface area contributed by atoms with Crippen molar-refractivity contribution in [3.05, 3.63) is 0 Å². The van der Waals surface area contributed by atoms with Gasteiger partial charge in [0.15, 0.2) is 0 Å². The van der Waals surface area contributed by atoms with E-state index in [1.807, 2.05) is 0 Å². The topological polar surface area (TPSA) is 23.6 Å². The fraction of sp³-hybridized carbons (Fsp3) is 0.917. The van der Waals surface area contributed by atoms with E-state index in [1.165, 1.54) is 0 Å². The number of carbonyl (C=O) groups excluding carboxylic acids is 1. The Morgan fingerprint density at radius 1 is 1.33 bits per heavy atom. The molecule has 1 saturated heterocycles. The van der Waals surface area contributed by atoms with Gasteiger partial charge in [0.2, 0.25) is 5.91 Å². The summed E-state index contributed by atoms with van der Waals surface area (Å²) in [4.78, 5) is 16.4. The maximum atomic E-state index is 11.9. The average molecular weight is 212 g/mol. The molecule has 0 N–H and O–H groups in total. The van der Waals surface area contributed by atoms with E-state index in [9.17, 15) is 4.79 Å². The Bertz CT molecular complexity index is 206. The van der Waals surface area contributed by atoms with Gasteiger partial charge in [0.05, 0.1) is 0 Å². The first kappa shape index (κ1) is 12.5. The summed E-state index contributed by atoms with van der Waals surface area (Å²) in [5.74, 6) is 0.347. The van der Waals surface area contributed by atoms with E-state index in [0.717, 1.165) is 38.9 Å². The Balaban J connectivity index is 2.62. The lowest BCUT2D eigenvalue weighted by Crippen LogP contribution is -2.43. The average Bonchev–Trinajstić information content (AvgIpc) is 2.39. The van der Waals surface area contributed by atoms with Gasteiger partial charge in [-0.25, -0.2) is 0 Å². The molecule has 0 aromatic carbocycles. The Morgan fingerprint density at radius 2 is 2.07 bits per heavy atom. The first-order valence-corrected chi connectivity index (χ1v) is 6.17. The highest BCUT2D eigenvalue weighted by Crippen LogP contribution is 2.13. The molecule has 1 atom stereocenters. The van der Waals surface area contributed by atoms with E-state index in [4.69, 9.17) is 0 Å². The van der Waals surface area contributed by atoms with Crippen LogP contribution in [0.5, 0.6) is 0 Å². The minimum absolute atomic E-state index is 0.347. The number of hydrogen-bond acceptors (Lipinski definition) is 2. The van der Waals surface area contributed by atoms with Gasteiger partial charge in [-0.1, -0.05) is 13.8 Å². The van der Waals surface area contributed by atoms with Crippen molar-refractivity contribution in [2.24, 2.45) is 0 Å². The van der Waals surface area contributed by atoms with Gasteiger partial charge in [-0.15, -0.1) is 0 Å². The molecule has 0 aromatic rings. The molecule has 1 aliphatic heterocycles. The Hall–Kier alpha value is -0.570. The molecule has 3 heteroatoms. The second-order valence-electron chi connectivity index (χ2n) is 4.52. The maximum Gasteiger partial charge on any atom is 0.222 e. The summed E-state index contributed by atoms with van der Waals surface area (Å²) >= 11 is 0. The summed E-state index contributed by atoms with van der Waals surface area (Å²) in [6.45, 7) is 7.35. The van der Waals surface area contributed by atoms with Crippen LogP contribution in [0.25, 0.3) is 0 Å². The van der Waals surface area contributed by atoms with Crippen LogP contribution in [0.1, 0.15) is 39.5 Å². The van der Waals surface area contributed by atoms with E-state index < -0.39 is 0 Å². The van der Waals surface area contributed by atoms with Crippen LogP contribution >= 0.6 is 0 Å². The van der Waals surface area contributed by atoms with Gasteiger partial charge < -0.3 is 9.80 Å². The predicted octanol–water partition coefficient (Wildman–Crippen LogP) is 1.73. The lowest BCUT2D eigenvalue weighted by molar-refractivity contribution is -0.133. The number of likely N-dealkylation sites (N-methyl/N-ethyl adjacent to an activating group) is 1. The molecule has 1 heterocycles. The van der Waals surface area contributed by atoms with Crippen molar-refractivity contribution in [2.75, 3.05) is 26.7 Å². The first-order valence-electron chi connectivity index (χ1n) is 6.17. The Kier molecular flexibility index (Phi) is 5.09. The third kappa shape index (κ3) is 3.49. The molecule has 1 unspecified atom stereocenters. The Labute approximate surface area is 93.4 Å². The van der Waals surface area contributed by atoms with Crippen molar-refractivity contribution in [2.45, 2.75) is 45.6 Å². The quantitative estimate of drug-likeness (QED) is 0.711. The fourth-order valence-electron chi connectivity index (χ4n) is 2.28. The summed E-state index contributed by atoms with van der Waals surface area (Å²) in [6.07, 6.45) is 3.85. The number of rotatable bonds is 3. The number of hydrogen-bond donors (Lipinski definition) is 0. The fourth-order valence-corrected chi connectivity index (χ4v) is 2.28. The van der Waals surface area contributed by atoms with Crippen LogP contribution in [0.3, 0.4) is 0 Å². The van der Waals surface area contributed by atoms with Crippen molar-refractivity contribution in [1.29, 1.82) is 0 Å². The van der Waals surface area contributed by atoms with E-state index in [2.05, 4.69) is 30.7 Å². The first-order chi connectivity index (χ1) is 7.19. The third-order valence-corrected chi connectivity index (χ3v) is 3.16. The minimum atomic E-state index is 0.347. The SMILES string of the molecule is CCCC(=O)N1CCCN(C)CC1CC. The van der Waals surface area contributed by atoms with Crippen LogP contribution in [0.15, 0.2) is 0 Å². The molecule has 15 heavy (non-hydrogen) atoms. The molecule has 0 aliphatic carbocycles. The normalized spacial score (nSPS) is 23.9. The maximum absolute atomic E-state index is 11.9. The molecular formula is C12H24N2O. The molecule has 1 aliphatic rings. The summed E-state index contributed by atoms with van der Waals surface area (Å²) in [7, 11) is 2.15. The second kappa shape index (κ2) is 6.11. The van der Waals surface area contributed by atoms with Crippen molar-refractivity contribution < 1.29 is 4.79 Å². The zero-order chi connectivity index (χ0) is 11.3. The van der Waals surface area contributed by atoms with Crippen LogP contribution < -0.4 is 0 Å². The number of nitrogens with zero attached hydrogens (tertiary/aromatic N) is 2. The van der Waals surface area contributed by atoms with Crippen LogP contribution in [0.4, 0.5) is 0 Å². The summed E-state index contributed by atoms with van der Waals surface area (Å²) in [6, 6.07) is 0.427. The van der Waals surface area contributed by atoms with Crippen LogP contribution in [-0.4, -0.2) is 48.4 Å². The molecule has 1 fully saturated rings. The summed E-state index contributed by atoms with van der Waals surface area (Å²) in [5.41, 5.74) is 0. The lowest BCUT2D eigenvalue weighted by atomic mass is 10.1. The molecule has 0 bridgehead atoms. The lowest BCUT2D eigenvalue weighted by Gasteiger charge is -2.30. The molecule has 1 amide bonds. The molecule has 0 spiro atoms. The van der Waals surface area contributed by atoms with Crippen molar-refractivity contribution in [1.82, 2.24) is 9.80 Å². The molecule has 3 nitrogen and oxygen atoms in total. The molecule has 88 valence electrons. The monoisotopic (exact) mass is 212 g/mol. The van der Waals surface area contributed by atoms with E-state index in [1.54, 1.807) is 0 Å².